The number of amides is 2. The summed E-state index contributed by atoms with van der Waals surface area (Å²) in [6, 6.07) is 18.1. The molecule has 0 radical (unpaired) electrons. The van der Waals surface area contributed by atoms with Crippen molar-refractivity contribution in [2.75, 3.05) is 10.8 Å². The fourth-order valence-electron chi connectivity index (χ4n) is 4.94. The van der Waals surface area contributed by atoms with Crippen LogP contribution in [0.25, 0.3) is 0 Å². The number of nitrogens with zero attached hydrogens (tertiary/aromatic N) is 2. The summed E-state index contributed by atoms with van der Waals surface area (Å²) < 4.78 is 44.3. The van der Waals surface area contributed by atoms with Gasteiger partial charge in [0.05, 0.1) is 10.6 Å². The van der Waals surface area contributed by atoms with Gasteiger partial charge in [-0.15, -0.1) is 0 Å². The predicted molar refractivity (Wildman–Crippen MR) is 161 cm³/mol. The average Bonchev–Trinajstić information content (AvgIpc) is 2.96. The third-order valence-corrected chi connectivity index (χ3v) is 9.70. The minimum Gasteiger partial charge on any atom is -0.352 e. The number of hydrogen-bond acceptors (Lipinski definition) is 4. The normalized spacial score (nSPS) is 14.7. The molecule has 1 fully saturated rings. The van der Waals surface area contributed by atoms with Gasteiger partial charge in [-0.1, -0.05) is 77.2 Å². The molecule has 1 saturated carbocycles. The number of carbonyl (C=O) groups is 2. The second kappa shape index (κ2) is 13.6. The second-order valence-corrected chi connectivity index (χ2v) is 13.2. The zero-order valence-corrected chi connectivity index (χ0v) is 25.6. The van der Waals surface area contributed by atoms with Crippen LogP contribution in [0, 0.1) is 12.7 Å². The molecule has 1 aliphatic carbocycles. The fourth-order valence-corrected chi connectivity index (χ4v) is 6.63. The van der Waals surface area contributed by atoms with E-state index in [9.17, 15) is 18.0 Å². The predicted octanol–water partition coefficient (Wildman–Crippen LogP) is 5.96. The molecule has 1 aliphatic rings. The highest BCUT2D eigenvalue weighted by Crippen LogP contribution is 2.27. The van der Waals surface area contributed by atoms with Crippen molar-refractivity contribution in [2.24, 2.45) is 0 Å². The van der Waals surface area contributed by atoms with E-state index in [1.54, 1.807) is 19.1 Å². The summed E-state index contributed by atoms with van der Waals surface area (Å²) in [5.41, 5.74) is 1.37. The minimum atomic E-state index is -4.33. The molecule has 3 aromatic rings. The van der Waals surface area contributed by atoms with Gasteiger partial charge in [-0.2, -0.15) is 0 Å². The van der Waals surface area contributed by atoms with E-state index in [1.165, 1.54) is 35.2 Å². The van der Waals surface area contributed by atoms with Crippen LogP contribution in [0.4, 0.5) is 10.1 Å². The third kappa shape index (κ3) is 7.74. The summed E-state index contributed by atoms with van der Waals surface area (Å²) in [6.07, 6.45) is 4.98. The Morgan fingerprint density at radius 1 is 0.976 bits per heavy atom. The maximum Gasteiger partial charge on any atom is 0.264 e. The molecule has 2 amide bonds. The minimum absolute atomic E-state index is 0.0418. The molecule has 1 N–H and O–H groups in total. The van der Waals surface area contributed by atoms with Gasteiger partial charge in [0.25, 0.3) is 10.0 Å². The third-order valence-electron chi connectivity index (χ3n) is 7.39. The molecular weight excluding hydrogens is 609 g/mol. The first-order valence-corrected chi connectivity index (χ1v) is 16.0. The molecule has 10 heteroatoms. The Morgan fingerprint density at radius 3 is 2.24 bits per heavy atom. The van der Waals surface area contributed by atoms with E-state index in [2.05, 4.69) is 21.2 Å². The lowest BCUT2D eigenvalue weighted by Crippen LogP contribution is -2.53. The van der Waals surface area contributed by atoms with Gasteiger partial charge in [0.15, 0.2) is 0 Å². The monoisotopic (exact) mass is 643 g/mol. The number of halogens is 2. The van der Waals surface area contributed by atoms with Crippen molar-refractivity contribution in [3.05, 3.63) is 94.2 Å². The van der Waals surface area contributed by atoms with E-state index in [0.717, 1.165) is 58.1 Å². The lowest BCUT2D eigenvalue weighted by Gasteiger charge is -2.33. The molecule has 3 aromatic carbocycles. The highest BCUT2D eigenvalue weighted by Gasteiger charge is 2.34. The molecule has 0 saturated heterocycles. The first kappa shape index (κ1) is 30.7. The molecule has 218 valence electrons. The fraction of sp³-hybridized carbons (Fsp3) is 0.355. The summed E-state index contributed by atoms with van der Waals surface area (Å²) in [6.45, 7) is 2.85. The standard InChI is InChI=1S/C31H35BrFN3O4S/c1-22-12-18-27(19-13-22)41(39,40)36(29-11-7-6-10-28(29)33)21-30(37)35(20-24-14-16-25(32)17-15-24)23(2)31(38)34-26-8-4-3-5-9-26/h6-7,10-19,23,26H,3-5,8-9,20-21H2,1-2H3,(H,34,38). The van der Waals surface area contributed by atoms with Crippen LogP contribution in [0.15, 0.2) is 82.2 Å². The van der Waals surface area contributed by atoms with Crippen LogP contribution >= 0.6 is 15.9 Å². The molecule has 0 bridgehead atoms. The Kier molecular flexibility index (Phi) is 10.2. The Bertz CT molecular complexity index is 1460. The maximum atomic E-state index is 15.0. The van der Waals surface area contributed by atoms with Gasteiger partial charge in [0.1, 0.15) is 18.4 Å². The highest BCUT2D eigenvalue weighted by molar-refractivity contribution is 9.10. The molecule has 0 aromatic heterocycles. The van der Waals surface area contributed by atoms with Gasteiger partial charge >= 0.3 is 0 Å². The summed E-state index contributed by atoms with van der Waals surface area (Å²) in [5, 5.41) is 3.07. The van der Waals surface area contributed by atoms with E-state index in [-0.39, 0.29) is 29.1 Å². The van der Waals surface area contributed by atoms with Crippen molar-refractivity contribution < 1.29 is 22.4 Å². The van der Waals surface area contributed by atoms with E-state index in [0.29, 0.717) is 0 Å². The maximum absolute atomic E-state index is 15.0. The first-order valence-electron chi connectivity index (χ1n) is 13.7. The summed E-state index contributed by atoms with van der Waals surface area (Å²) in [5.74, 6) is -1.71. The van der Waals surface area contributed by atoms with Crippen LogP contribution < -0.4 is 9.62 Å². The van der Waals surface area contributed by atoms with Gasteiger partial charge < -0.3 is 10.2 Å². The Morgan fingerprint density at radius 2 is 1.61 bits per heavy atom. The molecular formula is C31H35BrFN3O4S. The first-order chi connectivity index (χ1) is 19.6. The molecule has 4 rings (SSSR count). The molecule has 7 nitrogen and oxygen atoms in total. The van der Waals surface area contributed by atoms with Crippen LogP contribution in [0.3, 0.4) is 0 Å². The molecule has 1 atom stereocenters. The smallest absolute Gasteiger partial charge is 0.264 e. The molecule has 0 spiro atoms. The van der Waals surface area contributed by atoms with Crippen molar-refractivity contribution >= 4 is 43.5 Å². The van der Waals surface area contributed by atoms with Crippen LogP contribution in [0.5, 0.6) is 0 Å². The lowest BCUT2D eigenvalue weighted by molar-refractivity contribution is -0.139. The number of hydrogen-bond donors (Lipinski definition) is 1. The van der Waals surface area contributed by atoms with E-state index < -0.39 is 34.3 Å². The molecule has 1 unspecified atom stereocenters. The SMILES string of the molecule is Cc1ccc(S(=O)(=O)N(CC(=O)N(Cc2ccc(Br)cc2)C(C)C(=O)NC2CCCCC2)c2ccccc2F)cc1. The Labute approximate surface area is 249 Å². The lowest BCUT2D eigenvalue weighted by atomic mass is 9.95. The van der Waals surface area contributed by atoms with Crippen LogP contribution in [-0.2, 0) is 26.2 Å². The van der Waals surface area contributed by atoms with Crippen molar-refractivity contribution in [1.29, 1.82) is 0 Å². The molecule has 41 heavy (non-hydrogen) atoms. The highest BCUT2D eigenvalue weighted by atomic mass is 79.9. The van der Waals surface area contributed by atoms with E-state index in [1.807, 2.05) is 31.2 Å². The van der Waals surface area contributed by atoms with Crippen molar-refractivity contribution in [2.45, 2.75) is 69.5 Å². The van der Waals surface area contributed by atoms with Gasteiger partial charge in [-0.25, -0.2) is 12.8 Å². The van der Waals surface area contributed by atoms with Gasteiger partial charge in [-0.05, 0) is 68.7 Å². The van der Waals surface area contributed by atoms with Crippen molar-refractivity contribution in [1.82, 2.24) is 10.2 Å². The Balaban J connectivity index is 1.68. The van der Waals surface area contributed by atoms with Gasteiger partial charge in [0.2, 0.25) is 11.8 Å². The molecule has 0 aliphatic heterocycles. The summed E-state index contributed by atoms with van der Waals surface area (Å²) in [4.78, 5) is 28.6. The molecule has 0 heterocycles. The quantitative estimate of drug-likeness (QED) is 0.295. The van der Waals surface area contributed by atoms with Crippen molar-refractivity contribution in [3.63, 3.8) is 0 Å². The number of aryl methyl sites for hydroxylation is 1. The summed E-state index contributed by atoms with van der Waals surface area (Å²) in [7, 11) is -4.33. The topological polar surface area (TPSA) is 86.8 Å². The summed E-state index contributed by atoms with van der Waals surface area (Å²) >= 11 is 3.41. The van der Waals surface area contributed by atoms with Crippen molar-refractivity contribution in [3.8, 4) is 0 Å². The van der Waals surface area contributed by atoms with Crippen LogP contribution in [-0.4, -0.2) is 43.8 Å². The van der Waals surface area contributed by atoms with Gasteiger partial charge in [-0.3, -0.25) is 13.9 Å². The van der Waals surface area contributed by atoms with Crippen LogP contribution in [0.2, 0.25) is 0 Å². The Hall–Kier alpha value is -3.24. The van der Waals surface area contributed by atoms with Gasteiger partial charge in [0, 0.05) is 17.1 Å². The number of para-hydroxylation sites is 1. The largest absolute Gasteiger partial charge is 0.352 e. The zero-order valence-electron chi connectivity index (χ0n) is 23.2. The second-order valence-electron chi connectivity index (χ2n) is 10.4. The zero-order chi connectivity index (χ0) is 29.6. The number of sulfonamides is 1. The van der Waals surface area contributed by atoms with E-state index >= 15 is 4.39 Å². The number of carbonyl (C=O) groups excluding carboxylic acids is 2. The van der Waals surface area contributed by atoms with E-state index in [4.69, 9.17) is 0 Å². The number of anilines is 1. The number of rotatable bonds is 10. The number of benzene rings is 3. The average molecular weight is 645 g/mol. The van der Waals surface area contributed by atoms with Crippen LogP contribution in [0.1, 0.15) is 50.2 Å². The number of nitrogens with one attached hydrogen (secondary N) is 1.